The van der Waals surface area contributed by atoms with E-state index in [-0.39, 0.29) is 11.6 Å². The van der Waals surface area contributed by atoms with Crippen molar-refractivity contribution in [3.63, 3.8) is 0 Å². The van der Waals surface area contributed by atoms with Crippen LogP contribution in [-0.2, 0) is 0 Å². The second-order valence-corrected chi connectivity index (χ2v) is 9.16. The van der Waals surface area contributed by atoms with Crippen LogP contribution >= 0.6 is 46.8 Å². The number of non-ortho nitro benzene ring substituents is 1. The number of thiophene rings is 1. The molecular weight excluding hydrogens is 479 g/mol. The normalized spacial score (nSPS) is 14.0. The molecule has 2 aromatic carbocycles. The highest BCUT2D eigenvalue weighted by Gasteiger charge is 2.27. The fourth-order valence-electron chi connectivity index (χ4n) is 3.33. The molecule has 160 valence electrons. The molecule has 31 heavy (non-hydrogen) atoms. The summed E-state index contributed by atoms with van der Waals surface area (Å²) in [5.74, 6) is -0.112. The minimum atomic E-state index is -0.453. The van der Waals surface area contributed by atoms with Gasteiger partial charge in [-0.1, -0.05) is 35.3 Å². The van der Waals surface area contributed by atoms with E-state index in [9.17, 15) is 14.9 Å². The highest BCUT2D eigenvalue weighted by atomic mass is 35.5. The molecule has 0 atom stereocenters. The van der Waals surface area contributed by atoms with Crippen molar-refractivity contribution in [1.29, 1.82) is 0 Å². The second kappa shape index (κ2) is 8.96. The lowest BCUT2D eigenvalue weighted by atomic mass is 10.2. The average molecular weight is 495 g/mol. The van der Waals surface area contributed by atoms with E-state index >= 15 is 0 Å². The van der Waals surface area contributed by atoms with Crippen molar-refractivity contribution in [3.05, 3.63) is 67.5 Å². The molecule has 0 radical (unpaired) electrons. The molecule has 0 aliphatic carbocycles. The van der Waals surface area contributed by atoms with Crippen LogP contribution in [0.3, 0.4) is 0 Å². The number of piperazine rings is 1. The number of carbonyl (C=O) groups is 1. The SMILES string of the molecule is O=C(c1sc2cc(Cl)ccc2c1Cl)N1CCN(C(=S)Nc2cccc([N+](=O)[O-])c2)CC1. The predicted molar refractivity (Wildman–Crippen MR) is 129 cm³/mol. The Bertz CT molecular complexity index is 1190. The topological polar surface area (TPSA) is 78.7 Å². The van der Waals surface area contributed by atoms with Gasteiger partial charge in [0.2, 0.25) is 0 Å². The highest BCUT2D eigenvalue weighted by molar-refractivity contribution is 7.80. The van der Waals surface area contributed by atoms with Gasteiger partial charge in [0.15, 0.2) is 5.11 Å². The molecule has 0 bridgehead atoms. The molecule has 11 heteroatoms. The van der Waals surface area contributed by atoms with E-state index in [0.29, 0.717) is 51.9 Å². The zero-order valence-corrected chi connectivity index (χ0v) is 19.2. The molecule has 4 rings (SSSR count). The first-order valence-corrected chi connectivity index (χ1v) is 11.3. The lowest BCUT2D eigenvalue weighted by Gasteiger charge is -2.36. The van der Waals surface area contributed by atoms with Gasteiger partial charge in [-0.15, -0.1) is 11.3 Å². The van der Waals surface area contributed by atoms with Gasteiger partial charge in [0.05, 0.1) is 9.95 Å². The minimum absolute atomic E-state index is 0.00952. The van der Waals surface area contributed by atoms with E-state index in [4.69, 9.17) is 35.4 Å². The Morgan fingerprint density at radius 3 is 2.52 bits per heavy atom. The number of thiocarbonyl (C=S) groups is 1. The van der Waals surface area contributed by atoms with Gasteiger partial charge in [-0.05, 0) is 30.4 Å². The molecule has 1 aliphatic heterocycles. The van der Waals surface area contributed by atoms with Gasteiger partial charge in [0.1, 0.15) is 4.88 Å². The number of nitro groups is 1. The van der Waals surface area contributed by atoms with Crippen molar-refractivity contribution in [1.82, 2.24) is 9.80 Å². The number of carbonyl (C=O) groups excluding carboxylic acids is 1. The van der Waals surface area contributed by atoms with E-state index in [1.165, 1.54) is 23.5 Å². The molecular formula is C20H16Cl2N4O3S2. The van der Waals surface area contributed by atoms with Gasteiger partial charge in [-0.2, -0.15) is 0 Å². The zero-order chi connectivity index (χ0) is 22.1. The number of halogens is 2. The molecule has 1 saturated heterocycles. The average Bonchev–Trinajstić information content (AvgIpc) is 3.09. The summed E-state index contributed by atoms with van der Waals surface area (Å²) >= 11 is 19.3. The first-order chi connectivity index (χ1) is 14.8. The molecule has 1 aromatic heterocycles. The number of rotatable bonds is 3. The maximum Gasteiger partial charge on any atom is 0.271 e. The van der Waals surface area contributed by atoms with Gasteiger partial charge in [0, 0.05) is 59.1 Å². The van der Waals surface area contributed by atoms with Crippen LogP contribution in [0.4, 0.5) is 11.4 Å². The summed E-state index contributed by atoms with van der Waals surface area (Å²) < 4.78 is 0.877. The summed E-state index contributed by atoms with van der Waals surface area (Å²) in [4.78, 5) is 27.7. The van der Waals surface area contributed by atoms with Crippen molar-refractivity contribution in [2.24, 2.45) is 0 Å². The van der Waals surface area contributed by atoms with E-state index in [0.717, 1.165) is 10.1 Å². The van der Waals surface area contributed by atoms with Crippen molar-refractivity contribution in [2.45, 2.75) is 0 Å². The van der Waals surface area contributed by atoms with Gasteiger partial charge in [0.25, 0.3) is 11.6 Å². The fraction of sp³-hybridized carbons (Fsp3) is 0.200. The number of nitrogens with one attached hydrogen (secondary N) is 1. The molecule has 3 aromatic rings. The number of benzene rings is 2. The minimum Gasteiger partial charge on any atom is -0.345 e. The third-order valence-electron chi connectivity index (χ3n) is 4.95. The Morgan fingerprint density at radius 2 is 1.81 bits per heavy atom. The molecule has 0 saturated carbocycles. The van der Waals surface area contributed by atoms with E-state index in [1.54, 1.807) is 29.2 Å². The third-order valence-corrected chi connectivity index (χ3v) is 7.19. The number of hydrogen-bond donors (Lipinski definition) is 1. The van der Waals surface area contributed by atoms with Crippen LogP contribution in [0.2, 0.25) is 10.0 Å². The van der Waals surface area contributed by atoms with E-state index < -0.39 is 4.92 Å². The van der Waals surface area contributed by atoms with Crippen LogP contribution in [0.15, 0.2) is 42.5 Å². The first kappa shape index (κ1) is 21.8. The van der Waals surface area contributed by atoms with Crippen LogP contribution in [0, 0.1) is 10.1 Å². The molecule has 1 fully saturated rings. The molecule has 1 amide bonds. The van der Waals surface area contributed by atoms with Crippen LogP contribution in [0.5, 0.6) is 0 Å². The summed E-state index contributed by atoms with van der Waals surface area (Å²) in [5.41, 5.74) is 0.540. The van der Waals surface area contributed by atoms with Crippen LogP contribution in [0.25, 0.3) is 10.1 Å². The highest BCUT2D eigenvalue weighted by Crippen LogP contribution is 2.37. The third kappa shape index (κ3) is 4.59. The fourth-order valence-corrected chi connectivity index (χ4v) is 5.39. The van der Waals surface area contributed by atoms with E-state index in [2.05, 4.69) is 5.32 Å². The lowest BCUT2D eigenvalue weighted by molar-refractivity contribution is -0.384. The Kier molecular flexibility index (Phi) is 6.29. The van der Waals surface area contributed by atoms with Crippen molar-refractivity contribution in [3.8, 4) is 0 Å². The summed E-state index contributed by atoms with van der Waals surface area (Å²) in [7, 11) is 0. The lowest BCUT2D eigenvalue weighted by Crippen LogP contribution is -2.51. The number of hydrogen-bond acceptors (Lipinski definition) is 5. The quantitative estimate of drug-likeness (QED) is 0.303. The summed E-state index contributed by atoms with van der Waals surface area (Å²) in [6.45, 7) is 2.06. The van der Waals surface area contributed by atoms with E-state index in [1.807, 2.05) is 11.0 Å². The maximum absolute atomic E-state index is 13.0. The Morgan fingerprint density at radius 1 is 1.10 bits per heavy atom. The number of nitro benzene ring substituents is 1. The molecule has 0 spiro atoms. The number of fused-ring (bicyclic) bond motifs is 1. The van der Waals surface area contributed by atoms with Crippen LogP contribution in [0.1, 0.15) is 9.67 Å². The standard InChI is InChI=1S/C20H16Cl2N4O3S2/c21-12-4-5-15-16(10-12)31-18(17(15)22)19(27)24-6-8-25(9-7-24)20(30)23-13-2-1-3-14(11-13)26(28)29/h1-5,10-11H,6-9H2,(H,23,30). The Hall–Kier alpha value is -2.46. The van der Waals surface area contributed by atoms with Gasteiger partial charge in [-0.25, -0.2) is 0 Å². The number of anilines is 1. The predicted octanol–water partition coefficient (Wildman–Crippen LogP) is 5.27. The second-order valence-electron chi connectivity index (χ2n) is 6.90. The number of amides is 1. The molecule has 7 nitrogen and oxygen atoms in total. The Labute approximate surface area is 197 Å². The van der Waals surface area contributed by atoms with Crippen molar-refractivity contribution >= 4 is 79.2 Å². The molecule has 1 N–H and O–H groups in total. The monoisotopic (exact) mass is 494 g/mol. The summed E-state index contributed by atoms with van der Waals surface area (Å²) in [5, 5.41) is 16.3. The number of nitrogens with zero attached hydrogens (tertiary/aromatic N) is 3. The van der Waals surface area contributed by atoms with Gasteiger partial charge in [-0.3, -0.25) is 14.9 Å². The summed E-state index contributed by atoms with van der Waals surface area (Å²) in [6, 6.07) is 11.6. The Balaban J connectivity index is 1.40. The zero-order valence-electron chi connectivity index (χ0n) is 16.0. The largest absolute Gasteiger partial charge is 0.345 e. The van der Waals surface area contributed by atoms with Crippen LogP contribution in [-0.4, -0.2) is 51.9 Å². The summed E-state index contributed by atoms with van der Waals surface area (Å²) in [6.07, 6.45) is 0. The van der Waals surface area contributed by atoms with Crippen LogP contribution < -0.4 is 5.32 Å². The smallest absolute Gasteiger partial charge is 0.271 e. The first-order valence-electron chi connectivity index (χ1n) is 9.30. The van der Waals surface area contributed by atoms with Crippen molar-refractivity contribution < 1.29 is 9.72 Å². The molecule has 2 heterocycles. The molecule has 0 unspecified atom stereocenters. The maximum atomic E-state index is 13.0. The molecule has 1 aliphatic rings. The van der Waals surface area contributed by atoms with Crippen molar-refractivity contribution in [2.75, 3.05) is 31.5 Å². The van der Waals surface area contributed by atoms with Gasteiger partial charge >= 0.3 is 0 Å². The van der Waals surface area contributed by atoms with Gasteiger partial charge < -0.3 is 15.1 Å².